The molecule has 192 valence electrons. The molecule has 0 aromatic carbocycles. The van der Waals surface area contributed by atoms with Crippen LogP contribution in [0.15, 0.2) is 36.7 Å². The molecule has 1 aliphatic rings. The summed E-state index contributed by atoms with van der Waals surface area (Å²) >= 11 is 0. The van der Waals surface area contributed by atoms with Gasteiger partial charge in [0.15, 0.2) is 12.2 Å². The summed E-state index contributed by atoms with van der Waals surface area (Å²) in [6, 6.07) is 6.65. The summed E-state index contributed by atoms with van der Waals surface area (Å²) in [5.41, 5.74) is 0.467. The van der Waals surface area contributed by atoms with Crippen LogP contribution in [0.5, 0.6) is 0 Å². The van der Waals surface area contributed by atoms with E-state index in [9.17, 15) is 19.2 Å². The number of aromatic nitrogens is 2. The highest BCUT2D eigenvalue weighted by molar-refractivity contribution is 5.92. The van der Waals surface area contributed by atoms with Crippen LogP contribution in [0.25, 0.3) is 0 Å². The molecule has 1 aliphatic heterocycles. The van der Waals surface area contributed by atoms with E-state index >= 15 is 0 Å². The number of nitrogens with zero attached hydrogens (tertiary/aromatic N) is 4. The van der Waals surface area contributed by atoms with Crippen molar-refractivity contribution in [3.05, 3.63) is 47.8 Å². The van der Waals surface area contributed by atoms with E-state index < -0.39 is 36.1 Å². The van der Waals surface area contributed by atoms with E-state index in [2.05, 4.69) is 29.2 Å². The molecule has 0 saturated carbocycles. The van der Waals surface area contributed by atoms with Gasteiger partial charge in [-0.05, 0) is 38.1 Å². The quantitative estimate of drug-likeness (QED) is 0.381. The van der Waals surface area contributed by atoms with Crippen molar-refractivity contribution in [1.82, 2.24) is 9.97 Å². The molecule has 36 heavy (non-hydrogen) atoms. The molecule has 1 fully saturated rings. The zero-order valence-electron chi connectivity index (χ0n) is 20.5. The Labute approximate surface area is 208 Å². The predicted octanol–water partition coefficient (Wildman–Crippen LogP) is 1.24. The standard InChI is InChI=1S/C24H28N4O8/c1-15(21(29)33-3)35-23(31)17-5-7-19(25-13-17)27-9-11-28(12-10-27)20-8-6-18(14-26-20)24(32)36-16(2)22(30)34-4/h5-8,13-16H,9-12H2,1-4H3/t15-,16-/m1/s1. The lowest BCUT2D eigenvalue weighted by Crippen LogP contribution is -2.47. The fraction of sp³-hybridized carbons (Fsp3) is 0.417. The monoisotopic (exact) mass is 500 g/mol. The van der Waals surface area contributed by atoms with Crippen LogP contribution < -0.4 is 9.80 Å². The van der Waals surface area contributed by atoms with Gasteiger partial charge in [0.05, 0.1) is 25.3 Å². The smallest absolute Gasteiger partial charge is 0.346 e. The van der Waals surface area contributed by atoms with Crippen molar-refractivity contribution < 1.29 is 38.1 Å². The first-order valence-electron chi connectivity index (χ1n) is 11.2. The van der Waals surface area contributed by atoms with Gasteiger partial charge in [0.2, 0.25) is 0 Å². The van der Waals surface area contributed by atoms with Gasteiger partial charge in [-0.1, -0.05) is 0 Å². The third-order valence-corrected chi connectivity index (χ3v) is 5.53. The number of piperazine rings is 1. The van der Waals surface area contributed by atoms with Crippen molar-refractivity contribution in [3.63, 3.8) is 0 Å². The number of pyridine rings is 2. The molecule has 3 rings (SSSR count). The molecular weight excluding hydrogens is 472 g/mol. The Morgan fingerprint density at radius 3 is 1.33 bits per heavy atom. The Morgan fingerprint density at radius 2 is 1.06 bits per heavy atom. The van der Waals surface area contributed by atoms with E-state index in [4.69, 9.17) is 9.47 Å². The number of ether oxygens (including phenoxy) is 4. The minimum atomic E-state index is -1.01. The summed E-state index contributed by atoms with van der Waals surface area (Å²) in [5.74, 6) is -1.17. The lowest BCUT2D eigenvalue weighted by atomic mass is 10.2. The van der Waals surface area contributed by atoms with E-state index in [-0.39, 0.29) is 11.1 Å². The Balaban J connectivity index is 1.52. The summed E-state index contributed by atoms with van der Waals surface area (Å²) in [7, 11) is 2.44. The van der Waals surface area contributed by atoms with Gasteiger partial charge >= 0.3 is 23.9 Å². The molecule has 0 unspecified atom stereocenters. The number of hydrogen-bond donors (Lipinski definition) is 0. The van der Waals surface area contributed by atoms with Gasteiger partial charge < -0.3 is 28.7 Å². The lowest BCUT2D eigenvalue weighted by molar-refractivity contribution is -0.150. The molecule has 3 heterocycles. The zero-order valence-corrected chi connectivity index (χ0v) is 20.5. The molecule has 12 nitrogen and oxygen atoms in total. The summed E-state index contributed by atoms with van der Waals surface area (Å²) in [6.45, 7) is 5.53. The number of anilines is 2. The van der Waals surface area contributed by atoms with E-state index in [1.165, 1.54) is 40.5 Å². The molecule has 0 amide bonds. The fourth-order valence-electron chi connectivity index (χ4n) is 3.44. The third kappa shape index (κ3) is 6.46. The van der Waals surface area contributed by atoms with E-state index in [0.717, 1.165) is 0 Å². The van der Waals surface area contributed by atoms with Gasteiger partial charge in [-0.15, -0.1) is 0 Å². The average molecular weight is 501 g/mol. The highest BCUT2D eigenvalue weighted by atomic mass is 16.6. The Hall–Kier alpha value is -4.22. The summed E-state index contributed by atoms with van der Waals surface area (Å²) < 4.78 is 19.2. The molecule has 1 saturated heterocycles. The third-order valence-electron chi connectivity index (χ3n) is 5.53. The van der Waals surface area contributed by atoms with Crippen molar-refractivity contribution in [2.75, 3.05) is 50.2 Å². The molecule has 0 aliphatic carbocycles. The van der Waals surface area contributed by atoms with E-state index in [1.54, 1.807) is 24.3 Å². The maximum Gasteiger partial charge on any atom is 0.346 e. The largest absolute Gasteiger partial charge is 0.466 e. The SMILES string of the molecule is COC(=O)[C@@H](C)OC(=O)c1ccc(N2CCN(c3ccc(C(=O)O[C@H](C)C(=O)OC)cn3)CC2)nc1. The predicted molar refractivity (Wildman–Crippen MR) is 127 cm³/mol. The van der Waals surface area contributed by atoms with Crippen LogP contribution in [-0.4, -0.2) is 86.5 Å². The summed E-state index contributed by atoms with van der Waals surface area (Å²) in [5, 5.41) is 0. The molecule has 0 radical (unpaired) electrons. The van der Waals surface area contributed by atoms with Crippen molar-refractivity contribution in [3.8, 4) is 0 Å². The fourth-order valence-corrected chi connectivity index (χ4v) is 3.44. The van der Waals surface area contributed by atoms with Crippen LogP contribution in [0, 0.1) is 0 Å². The zero-order chi connectivity index (χ0) is 26.2. The maximum absolute atomic E-state index is 12.2. The molecule has 2 aromatic heterocycles. The number of esters is 4. The topological polar surface area (TPSA) is 137 Å². The first-order valence-corrected chi connectivity index (χ1v) is 11.2. The minimum absolute atomic E-state index is 0.233. The molecule has 0 bridgehead atoms. The van der Waals surface area contributed by atoms with Crippen molar-refractivity contribution in [2.24, 2.45) is 0 Å². The summed E-state index contributed by atoms with van der Waals surface area (Å²) in [6.07, 6.45) is 0.808. The first-order chi connectivity index (χ1) is 17.2. The van der Waals surface area contributed by atoms with Gasteiger partial charge in [-0.2, -0.15) is 0 Å². The highest BCUT2D eigenvalue weighted by Gasteiger charge is 2.23. The Morgan fingerprint density at radius 1 is 0.694 bits per heavy atom. The Kier molecular flexibility index (Phi) is 8.76. The number of rotatable bonds is 8. The number of hydrogen-bond acceptors (Lipinski definition) is 12. The minimum Gasteiger partial charge on any atom is -0.466 e. The second kappa shape index (κ2) is 12.0. The van der Waals surface area contributed by atoms with Gasteiger partial charge in [0.25, 0.3) is 0 Å². The van der Waals surface area contributed by atoms with Crippen LogP contribution in [0.2, 0.25) is 0 Å². The van der Waals surface area contributed by atoms with Crippen LogP contribution >= 0.6 is 0 Å². The van der Waals surface area contributed by atoms with Gasteiger partial charge in [0.1, 0.15) is 11.6 Å². The average Bonchev–Trinajstić information content (AvgIpc) is 2.92. The van der Waals surface area contributed by atoms with Gasteiger partial charge in [-0.3, -0.25) is 0 Å². The molecule has 12 heteroatoms. The van der Waals surface area contributed by atoms with Gasteiger partial charge in [0, 0.05) is 38.6 Å². The number of carbonyl (C=O) groups excluding carboxylic acids is 4. The van der Waals surface area contributed by atoms with Crippen molar-refractivity contribution in [1.29, 1.82) is 0 Å². The normalized spacial score (nSPS) is 14.9. The van der Waals surface area contributed by atoms with Crippen LogP contribution in [0.3, 0.4) is 0 Å². The first kappa shape index (κ1) is 26.4. The molecule has 2 aromatic rings. The second-order valence-electron chi connectivity index (χ2n) is 7.93. The second-order valence-corrected chi connectivity index (χ2v) is 7.93. The molecular formula is C24H28N4O8. The molecule has 0 spiro atoms. The Bertz CT molecular complexity index is 995. The molecule has 0 N–H and O–H groups in total. The molecule has 2 atom stereocenters. The maximum atomic E-state index is 12.2. The van der Waals surface area contributed by atoms with E-state index in [0.29, 0.717) is 37.8 Å². The van der Waals surface area contributed by atoms with Crippen LogP contribution in [0.4, 0.5) is 11.6 Å². The van der Waals surface area contributed by atoms with E-state index in [1.807, 2.05) is 0 Å². The van der Waals surface area contributed by atoms with Crippen LogP contribution in [0.1, 0.15) is 34.6 Å². The van der Waals surface area contributed by atoms with Crippen molar-refractivity contribution in [2.45, 2.75) is 26.1 Å². The highest BCUT2D eigenvalue weighted by Crippen LogP contribution is 2.19. The van der Waals surface area contributed by atoms with Crippen LogP contribution in [-0.2, 0) is 28.5 Å². The van der Waals surface area contributed by atoms with Gasteiger partial charge in [-0.25, -0.2) is 29.1 Å². The number of methoxy groups -OCH3 is 2. The van der Waals surface area contributed by atoms with Crippen molar-refractivity contribution >= 4 is 35.5 Å². The number of carbonyl (C=O) groups is 4. The summed E-state index contributed by atoms with van der Waals surface area (Å²) in [4.78, 5) is 60.1. The lowest BCUT2D eigenvalue weighted by Gasteiger charge is -2.36.